The van der Waals surface area contributed by atoms with Gasteiger partial charge in [-0.05, 0) is 29.7 Å². The highest BCUT2D eigenvalue weighted by molar-refractivity contribution is 8.01. The molecule has 0 saturated carbocycles. The summed E-state index contributed by atoms with van der Waals surface area (Å²) in [6.45, 7) is 0. The summed E-state index contributed by atoms with van der Waals surface area (Å²) >= 11 is 2.70. The number of hydrogen-bond acceptors (Lipinski definition) is 6. The van der Waals surface area contributed by atoms with E-state index < -0.39 is 5.91 Å². The lowest BCUT2D eigenvalue weighted by Gasteiger charge is -2.04. The summed E-state index contributed by atoms with van der Waals surface area (Å²) in [5, 5.41) is 0. The van der Waals surface area contributed by atoms with Crippen LogP contribution in [0.15, 0.2) is 33.8 Å². The molecule has 0 fully saturated rings. The van der Waals surface area contributed by atoms with E-state index in [1.165, 1.54) is 29.6 Å². The monoisotopic (exact) mass is 252 g/mol. The number of nitrogen functional groups attached to an aromatic ring is 1. The molecule has 2 rings (SSSR count). The van der Waals surface area contributed by atoms with Crippen molar-refractivity contribution < 1.29 is 4.79 Å². The minimum absolute atomic E-state index is 0.402. The lowest BCUT2D eigenvalue weighted by molar-refractivity contribution is 0.100. The molecule has 4 N–H and O–H groups in total. The van der Waals surface area contributed by atoms with Gasteiger partial charge in [-0.25, -0.2) is 4.98 Å². The third kappa shape index (κ3) is 2.31. The fraction of sp³-hybridized carbons (Fsp3) is 0. The highest BCUT2D eigenvalue weighted by atomic mass is 32.2. The molecule has 16 heavy (non-hydrogen) atoms. The van der Waals surface area contributed by atoms with Crippen LogP contribution in [-0.4, -0.2) is 15.3 Å². The molecular weight excluding hydrogens is 244 g/mol. The fourth-order valence-electron chi connectivity index (χ4n) is 1.10. The van der Waals surface area contributed by atoms with Gasteiger partial charge in [0.2, 0.25) is 5.91 Å². The first-order valence-electron chi connectivity index (χ1n) is 4.30. The molecule has 1 aromatic carbocycles. The molecule has 0 atom stereocenters. The molecule has 0 saturated heterocycles. The van der Waals surface area contributed by atoms with Gasteiger partial charge in [-0.3, -0.25) is 4.79 Å². The average Bonchev–Trinajstić information content (AvgIpc) is 2.73. The van der Waals surface area contributed by atoms with Crippen LogP contribution in [0.4, 0.5) is 5.69 Å². The number of hydrogen-bond donors (Lipinski definition) is 2. The molecule has 0 aliphatic heterocycles. The predicted molar refractivity (Wildman–Crippen MR) is 63.4 cm³/mol. The predicted octanol–water partition coefficient (Wildman–Crippen LogP) is 1.37. The van der Waals surface area contributed by atoms with Crippen LogP contribution in [0.1, 0.15) is 10.4 Å². The molecule has 0 unspecified atom stereocenters. The molecule has 0 aliphatic carbocycles. The van der Waals surface area contributed by atoms with Gasteiger partial charge >= 0.3 is 0 Å². The van der Waals surface area contributed by atoms with E-state index in [1.54, 1.807) is 18.2 Å². The van der Waals surface area contributed by atoms with E-state index in [0.717, 1.165) is 9.24 Å². The van der Waals surface area contributed by atoms with Gasteiger partial charge in [0.15, 0.2) is 4.34 Å². The largest absolute Gasteiger partial charge is 0.398 e. The molecule has 0 aliphatic rings. The van der Waals surface area contributed by atoms with Crippen molar-refractivity contribution in [2.24, 2.45) is 5.73 Å². The summed E-state index contributed by atoms with van der Waals surface area (Å²) < 4.78 is 4.69. The van der Waals surface area contributed by atoms with Crippen LogP contribution in [0.2, 0.25) is 0 Å². The maximum atomic E-state index is 10.9. The Balaban J connectivity index is 2.26. The van der Waals surface area contributed by atoms with Crippen LogP contribution < -0.4 is 11.5 Å². The van der Waals surface area contributed by atoms with Crippen molar-refractivity contribution in [3.05, 3.63) is 30.1 Å². The number of rotatable bonds is 3. The molecule has 1 amide bonds. The number of amides is 1. The molecule has 1 heterocycles. The summed E-state index contributed by atoms with van der Waals surface area (Å²) in [6, 6.07) is 4.95. The first kappa shape index (κ1) is 10.9. The molecule has 0 radical (unpaired) electrons. The number of benzene rings is 1. The number of carbonyl (C=O) groups is 1. The van der Waals surface area contributed by atoms with E-state index in [0.29, 0.717) is 11.3 Å². The number of anilines is 1. The van der Waals surface area contributed by atoms with Crippen molar-refractivity contribution >= 4 is 34.9 Å². The first-order valence-corrected chi connectivity index (χ1v) is 5.89. The average molecular weight is 252 g/mol. The summed E-state index contributed by atoms with van der Waals surface area (Å²) in [5.41, 5.74) is 11.9. The zero-order valence-electron chi connectivity index (χ0n) is 8.08. The third-order valence-electron chi connectivity index (χ3n) is 1.83. The van der Waals surface area contributed by atoms with Gasteiger partial charge in [0.1, 0.15) is 6.33 Å². The van der Waals surface area contributed by atoms with Gasteiger partial charge in [-0.1, -0.05) is 11.8 Å². The second-order valence-electron chi connectivity index (χ2n) is 2.93. The van der Waals surface area contributed by atoms with E-state index in [4.69, 9.17) is 11.5 Å². The molecular formula is C9H8N4OS2. The zero-order valence-corrected chi connectivity index (χ0v) is 9.72. The van der Waals surface area contributed by atoms with Crippen molar-refractivity contribution in [3.63, 3.8) is 0 Å². The number of carbonyl (C=O) groups excluding carboxylic acids is 1. The fourth-order valence-corrected chi connectivity index (χ4v) is 2.52. The highest BCUT2D eigenvalue weighted by Crippen LogP contribution is 2.32. The van der Waals surface area contributed by atoms with Gasteiger partial charge in [-0.2, -0.15) is 4.37 Å². The van der Waals surface area contributed by atoms with E-state index in [-0.39, 0.29) is 0 Å². The standard InChI is InChI=1S/C9H8N4OS2/c10-6-3-5(8(11)14)1-2-7(6)15-9-12-4-13-16-9/h1-4H,10H2,(H2,11,14). The Labute approximate surface area is 100 Å². The van der Waals surface area contributed by atoms with Crippen molar-refractivity contribution in [1.29, 1.82) is 0 Å². The third-order valence-corrected chi connectivity index (χ3v) is 3.64. The first-order chi connectivity index (χ1) is 7.66. The second kappa shape index (κ2) is 4.50. The molecule has 82 valence electrons. The lowest BCUT2D eigenvalue weighted by atomic mass is 10.2. The summed E-state index contributed by atoms with van der Waals surface area (Å²) in [4.78, 5) is 15.8. The highest BCUT2D eigenvalue weighted by Gasteiger charge is 2.07. The van der Waals surface area contributed by atoms with E-state index in [1.807, 2.05) is 0 Å². The van der Waals surface area contributed by atoms with E-state index in [2.05, 4.69) is 9.36 Å². The number of aromatic nitrogens is 2. The smallest absolute Gasteiger partial charge is 0.248 e. The van der Waals surface area contributed by atoms with Gasteiger partial charge in [0, 0.05) is 16.1 Å². The van der Waals surface area contributed by atoms with Gasteiger partial charge in [0.05, 0.1) is 0 Å². The Morgan fingerprint density at radius 2 is 2.25 bits per heavy atom. The maximum Gasteiger partial charge on any atom is 0.248 e. The van der Waals surface area contributed by atoms with Crippen molar-refractivity contribution in [2.45, 2.75) is 9.24 Å². The quantitative estimate of drug-likeness (QED) is 0.804. The Morgan fingerprint density at radius 1 is 1.44 bits per heavy atom. The summed E-state index contributed by atoms with van der Waals surface area (Å²) in [7, 11) is 0. The minimum atomic E-state index is -0.487. The topological polar surface area (TPSA) is 94.9 Å². The van der Waals surface area contributed by atoms with Crippen LogP contribution in [0.25, 0.3) is 0 Å². The van der Waals surface area contributed by atoms with E-state index in [9.17, 15) is 4.79 Å². The molecule has 7 heteroatoms. The second-order valence-corrected chi connectivity index (χ2v) is 5.00. The molecule has 0 spiro atoms. The summed E-state index contributed by atoms with van der Waals surface area (Å²) in [5.74, 6) is -0.487. The SMILES string of the molecule is NC(=O)c1ccc(Sc2ncns2)c(N)c1. The number of nitrogens with zero attached hydrogens (tertiary/aromatic N) is 2. The van der Waals surface area contributed by atoms with Crippen LogP contribution in [0, 0.1) is 0 Å². The van der Waals surface area contributed by atoms with Crippen molar-refractivity contribution in [1.82, 2.24) is 9.36 Å². The number of primary amides is 1. The molecule has 0 bridgehead atoms. The maximum absolute atomic E-state index is 10.9. The Morgan fingerprint density at radius 3 is 2.81 bits per heavy atom. The van der Waals surface area contributed by atoms with Crippen LogP contribution in [0.5, 0.6) is 0 Å². The molecule has 2 aromatic rings. The van der Waals surface area contributed by atoms with E-state index >= 15 is 0 Å². The summed E-state index contributed by atoms with van der Waals surface area (Å²) in [6.07, 6.45) is 1.49. The zero-order chi connectivity index (χ0) is 11.5. The molecule has 1 aromatic heterocycles. The normalized spacial score (nSPS) is 10.2. The Kier molecular flexibility index (Phi) is 3.07. The van der Waals surface area contributed by atoms with Gasteiger partial charge in [-0.15, -0.1) is 0 Å². The van der Waals surface area contributed by atoms with Gasteiger partial charge in [0.25, 0.3) is 0 Å². The lowest BCUT2D eigenvalue weighted by Crippen LogP contribution is -2.11. The van der Waals surface area contributed by atoms with Crippen LogP contribution in [0.3, 0.4) is 0 Å². The van der Waals surface area contributed by atoms with Crippen molar-refractivity contribution in [2.75, 3.05) is 5.73 Å². The van der Waals surface area contributed by atoms with Crippen LogP contribution >= 0.6 is 23.3 Å². The Bertz CT molecular complexity index is 512. The van der Waals surface area contributed by atoms with Crippen LogP contribution in [-0.2, 0) is 0 Å². The molecule has 5 nitrogen and oxygen atoms in total. The minimum Gasteiger partial charge on any atom is -0.398 e. The number of nitrogens with two attached hydrogens (primary N) is 2. The van der Waals surface area contributed by atoms with Crippen molar-refractivity contribution in [3.8, 4) is 0 Å². The van der Waals surface area contributed by atoms with Gasteiger partial charge < -0.3 is 11.5 Å². The Hall–Kier alpha value is -1.60.